The number of hydrogen-bond acceptors (Lipinski definition) is 4. The monoisotopic (exact) mass is 295 g/mol. The van der Waals surface area contributed by atoms with Crippen molar-refractivity contribution < 1.29 is 9.84 Å². The maximum absolute atomic E-state index is 9.96. The van der Waals surface area contributed by atoms with Gasteiger partial charge in [-0.25, -0.2) is 0 Å². The fraction of sp³-hybridized carbons (Fsp3) is 0.625. The molecule has 1 aliphatic rings. The maximum atomic E-state index is 9.96. The smallest absolute Gasteiger partial charge is 0.123 e. The molecule has 0 aromatic heterocycles. The third-order valence-electron chi connectivity index (χ3n) is 4.25. The van der Waals surface area contributed by atoms with Crippen molar-refractivity contribution in [3.8, 4) is 11.5 Å². The van der Waals surface area contributed by atoms with E-state index in [1.807, 2.05) is 23.9 Å². The van der Waals surface area contributed by atoms with Gasteiger partial charge in [-0.1, -0.05) is 25.3 Å². The van der Waals surface area contributed by atoms with Crippen LogP contribution < -0.4 is 10.1 Å². The highest BCUT2D eigenvalue weighted by Crippen LogP contribution is 2.38. The summed E-state index contributed by atoms with van der Waals surface area (Å²) in [5.74, 6) is 0.998. The fourth-order valence-corrected chi connectivity index (χ4v) is 3.84. The number of thioether (sulfide) groups is 1. The van der Waals surface area contributed by atoms with Gasteiger partial charge in [0.25, 0.3) is 0 Å². The first-order valence-electron chi connectivity index (χ1n) is 7.31. The molecule has 0 amide bonds. The van der Waals surface area contributed by atoms with Crippen LogP contribution in [0.25, 0.3) is 0 Å². The van der Waals surface area contributed by atoms with E-state index >= 15 is 0 Å². The Morgan fingerprint density at radius 2 is 2.05 bits per heavy atom. The van der Waals surface area contributed by atoms with E-state index in [4.69, 9.17) is 4.74 Å². The molecular weight excluding hydrogens is 270 g/mol. The highest BCUT2D eigenvalue weighted by atomic mass is 32.2. The number of benzene rings is 1. The molecule has 1 saturated carbocycles. The molecule has 0 radical (unpaired) electrons. The first-order chi connectivity index (χ1) is 9.69. The van der Waals surface area contributed by atoms with E-state index in [1.165, 1.54) is 32.1 Å². The summed E-state index contributed by atoms with van der Waals surface area (Å²) in [7, 11) is 1.61. The van der Waals surface area contributed by atoms with Gasteiger partial charge in [-0.15, -0.1) is 0 Å². The van der Waals surface area contributed by atoms with Crippen molar-refractivity contribution in [2.45, 2.75) is 43.4 Å². The molecule has 0 spiro atoms. The molecule has 2 rings (SSSR count). The van der Waals surface area contributed by atoms with Crippen LogP contribution in [0.4, 0.5) is 0 Å². The molecule has 0 heterocycles. The zero-order valence-corrected chi connectivity index (χ0v) is 13.3. The van der Waals surface area contributed by atoms with Gasteiger partial charge in [0.05, 0.1) is 7.11 Å². The van der Waals surface area contributed by atoms with Crippen LogP contribution in [0.3, 0.4) is 0 Å². The van der Waals surface area contributed by atoms with Crippen LogP contribution in [0.2, 0.25) is 0 Å². The van der Waals surface area contributed by atoms with E-state index in [9.17, 15) is 5.11 Å². The van der Waals surface area contributed by atoms with Crippen LogP contribution in [0.15, 0.2) is 18.2 Å². The lowest BCUT2D eigenvalue weighted by molar-refractivity contribution is 0.377. The largest absolute Gasteiger partial charge is 0.507 e. The summed E-state index contributed by atoms with van der Waals surface area (Å²) in [6, 6.07) is 5.48. The van der Waals surface area contributed by atoms with E-state index in [1.54, 1.807) is 13.2 Å². The molecule has 1 aliphatic carbocycles. The lowest BCUT2D eigenvalue weighted by atomic mass is 9.88. The molecule has 0 bridgehead atoms. The van der Waals surface area contributed by atoms with Crippen molar-refractivity contribution in [1.29, 1.82) is 0 Å². The van der Waals surface area contributed by atoms with Crippen molar-refractivity contribution in [3.63, 3.8) is 0 Å². The SMILES string of the molecule is COc1ccc(CNCC2(SC)CCCCC2)c(O)c1. The van der Waals surface area contributed by atoms with Gasteiger partial charge in [0.15, 0.2) is 0 Å². The number of phenolic OH excluding ortho intramolecular Hbond substituents is 1. The Morgan fingerprint density at radius 1 is 1.30 bits per heavy atom. The van der Waals surface area contributed by atoms with Gasteiger partial charge in [0, 0.05) is 29.5 Å². The van der Waals surface area contributed by atoms with Gasteiger partial charge in [0.1, 0.15) is 11.5 Å². The van der Waals surface area contributed by atoms with Gasteiger partial charge in [0.2, 0.25) is 0 Å². The molecule has 1 aromatic rings. The molecule has 0 aliphatic heterocycles. The minimum atomic E-state index is 0.304. The predicted octanol–water partition coefficient (Wildman–Crippen LogP) is 3.56. The number of ether oxygens (including phenoxy) is 1. The lowest BCUT2D eigenvalue weighted by Crippen LogP contribution is -2.39. The first-order valence-corrected chi connectivity index (χ1v) is 8.53. The van der Waals surface area contributed by atoms with Crippen LogP contribution in [0.1, 0.15) is 37.7 Å². The average Bonchev–Trinajstić information content (AvgIpc) is 2.50. The second kappa shape index (κ2) is 7.23. The summed E-state index contributed by atoms with van der Waals surface area (Å²) < 4.78 is 5.49. The number of rotatable bonds is 6. The highest BCUT2D eigenvalue weighted by molar-refractivity contribution is 8.00. The molecule has 1 fully saturated rings. The lowest BCUT2D eigenvalue weighted by Gasteiger charge is -2.36. The van der Waals surface area contributed by atoms with E-state index in [2.05, 4.69) is 11.6 Å². The molecule has 0 atom stereocenters. The third-order valence-corrected chi connectivity index (χ3v) is 5.67. The Labute approximate surface area is 126 Å². The summed E-state index contributed by atoms with van der Waals surface area (Å²) in [6.45, 7) is 1.72. The molecule has 0 unspecified atom stereocenters. The van der Waals surface area contributed by atoms with Gasteiger partial charge < -0.3 is 15.2 Å². The first kappa shape index (κ1) is 15.5. The fourth-order valence-electron chi connectivity index (χ4n) is 2.89. The number of hydrogen-bond donors (Lipinski definition) is 2. The summed E-state index contributed by atoms with van der Waals surface area (Å²) >= 11 is 1.99. The summed E-state index contributed by atoms with van der Waals surface area (Å²) in [5, 5.41) is 13.5. The van der Waals surface area contributed by atoms with Crippen LogP contribution >= 0.6 is 11.8 Å². The molecular formula is C16H25NO2S. The van der Waals surface area contributed by atoms with Gasteiger partial charge >= 0.3 is 0 Å². The molecule has 0 saturated heterocycles. The Balaban J connectivity index is 1.88. The van der Waals surface area contributed by atoms with Crippen LogP contribution in [0.5, 0.6) is 11.5 Å². The number of nitrogens with one attached hydrogen (secondary N) is 1. The van der Waals surface area contributed by atoms with E-state index in [-0.39, 0.29) is 0 Å². The van der Waals surface area contributed by atoms with Gasteiger partial charge in [-0.05, 0) is 25.2 Å². The normalized spacial score (nSPS) is 17.9. The second-order valence-corrected chi connectivity index (χ2v) is 6.82. The van der Waals surface area contributed by atoms with E-state index in [0.717, 1.165) is 12.1 Å². The van der Waals surface area contributed by atoms with E-state index < -0.39 is 0 Å². The molecule has 2 N–H and O–H groups in total. The van der Waals surface area contributed by atoms with Gasteiger partial charge in [-0.2, -0.15) is 11.8 Å². The van der Waals surface area contributed by atoms with Crippen molar-refractivity contribution in [2.75, 3.05) is 19.9 Å². The summed E-state index contributed by atoms with van der Waals surface area (Å²) in [5.41, 5.74) is 0.929. The Kier molecular flexibility index (Phi) is 5.61. The van der Waals surface area contributed by atoms with Crippen LogP contribution in [-0.2, 0) is 6.54 Å². The third kappa shape index (κ3) is 3.83. The van der Waals surface area contributed by atoms with Crippen molar-refractivity contribution in [2.24, 2.45) is 0 Å². The number of methoxy groups -OCH3 is 1. The zero-order chi connectivity index (χ0) is 14.4. The van der Waals surface area contributed by atoms with E-state index in [0.29, 0.717) is 22.8 Å². The van der Waals surface area contributed by atoms with Crippen LogP contribution in [-0.4, -0.2) is 29.8 Å². The zero-order valence-electron chi connectivity index (χ0n) is 12.4. The number of phenols is 1. The minimum Gasteiger partial charge on any atom is -0.507 e. The Morgan fingerprint density at radius 3 is 2.65 bits per heavy atom. The quantitative estimate of drug-likeness (QED) is 0.842. The number of aromatic hydroxyl groups is 1. The van der Waals surface area contributed by atoms with Crippen molar-refractivity contribution in [3.05, 3.63) is 23.8 Å². The van der Waals surface area contributed by atoms with Gasteiger partial charge in [-0.3, -0.25) is 0 Å². The predicted molar refractivity (Wildman–Crippen MR) is 85.7 cm³/mol. The highest BCUT2D eigenvalue weighted by Gasteiger charge is 2.30. The maximum Gasteiger partial charge on any atom is 0.123 e. The molecule has 1 aromatic carbocycles. The molecule has 20 heavy (non-hydrogen) atoms. The Bertz CT molecular complexity index is 430. The van der Waals surface area contributed by atoms with Crippen molar-refractivity contribution in [1.82, 2.24) is 5.32 Å². The average molecular weight is 295 g/mol. The topological polar surface area (TPSA) is 41.5 Å². The van der Waals surface area contributed by atoms with Crippen molar-refractivity contribution >= 4 is 11.8 Å². The summed E-state index contributed by atoms with van der Waals surface area (Å²) in [6.07, 6.45) is 8.89. The standard InChI is InChI=1S/C16H25NO2S/c1-19-14-7-6-13(15(18)10-14)11-17-12-16(20-2)8-4-3-5-9-16/h6-7,10,17-18H,3-5,8-9,11-12H2,1-2H3. The molecule has 4 heteroatoms. The molecule has 3 nitrogen and oxygen atoms in total. The van der Waals surface area contributed by atoms with Crippen LogP contribution in [0, 0.1) is 0 Å². The summed E-state index contributed by atoms with van der Waals surface area (Å²) in [4.78, 5) is 0. The second-order valence-electron chi connectivity index (χ2n) is 5.55. The molecule has 112 valence electrons. The minimum absolute atomic E-state index is 0.304. The Hall–Kier alpha value is -0.870.